The van der Waals surface area contributed by atoms with Crippen molar-refractivity contribution < 1.29 is 9.47 Å². The van der Waals surface area contributed by atoms with E-state index in [1.165, 1.54) is 6.33 Å². The van der Waals surface area contributed by atoms with Gasteiger partial charge in [-0.3, -0.25) is 0 Å². The van der Waals surface area contributed by atoms with Crippen LogP contribution in [0.3, 0.4) is 0 Å². The van der Waals surface area contributed by atoms with Crippen molar-refractivity contribution in [3.05, 3.63) is 30.5 Å². The zero-order valence-corrected chi connectivity index (χ0v) is 14.1. The molecule has 2 aromatic rings. The summed E-state index contributed by atoms with van der Waals surface area (Å²) in [6.45, 7) is 3.50. The molecular formula is C16H22N6O2. The summed E-state index contributed by atoms with van der Waals surface area (Å²) in [5.74, 6) is 2.20. The minimum Gasteiger partial charge on any atom is -0.481 e. The van der Waals surface area contributed by atoms with E-state index in [0.717, 1.165) is 36.8 Å². The van der Waals surface area contributed by atoms with Crippen molar-refractivity contribution in [3.63, 3.8) is 0 Å². The largest absolute Gasteiger partial charge is 0.481 e. The average Bonchev–Trinajstić information content (AvgIpc) is 3.03. The fourth-order valence-corrected chi connectivity index (χ4v) is 2.89. The predicted octanol–water partition coefficient (Wildman–Crippen LogP) is 1.29. The summed E-state index contributed by atoms with van der Waals surface area (Å²) in [5.41, 5.74) is 0.952. The lowest BCUT2D eigenvalue weighted by Gasteiger charge is -2.25. The Morgan fingerprint density at radius 1 is 1.17 bits per heavy atom. The molecule has 0 radical (unpaired) electrons. The van der Waals surface area contributed by atoms with Crippen LogP contribution < -0.4 is 15.0 Å². The van der Waals surface area contributed by atoms with Gasteiger partial charge in [-0.15, -0.1) is 0 Å². The molecule has 8 heteroatoms. The van der Waals surface area contributed by atoms with E-state index in [1.807, 2.05) is 13.0 Å². The number of ether oxygens (including phenoxy) is 2. The van der Waals surface area contributed by atoms with Gasteiger partial charge in [0.2, 0.25) is 5.88 Å². The normalized spacial score (nSPS) is 20.2. The van der Waals surface area contributed by atoms with Crippen molar-refractivity contribution in [1.29, 1.82) is 0 Å². The molecule has 0 saturated carbocycles. The SMILES string of the molecule is COc1cc(NC[C@@H]2C[C@H](OC)CN2c2cc(C)ncn2)ncn1. The highest BCUT2D eigenvalue weighted by Crippen LogP contribution is 2.26. The summed E-state index contributed by atoms with van der Waals surface area (Å²) < 4.78 is 10.7. The highest BCUT2D eigenvalue weighted by molar-refractivity contribution is 5.44. The van der Waals surface area contributed by atoms with Crippen LogP contribution in [0.1, 0.15) is 12.1 Å². The van der Waals surface area contributed by atoms with Crippen LogP contribution in [0.5, 0.6) is 5.88 Å². The van der Waals surface area contributed by atoms with Gasteiger partial charge in [-0.1, -0.05) is 0 Å². The lowest BCUT2D eigenvalue weighted by molar-refractivity contribution is 0.118. The molecule has 0 aromatic carbocycles. The van der Waals surface area contributed by atoms with Gasteiger partial charge < -0.3 is 19.7 Å². The second kappa shape index (κ2) is 7.39. The van der Waals surface area contributed by atoms with E-state index in [4.69, 9.17) is 9.47 Å². The maximum Gasteiger partial charge on any atom is 0.218 e. The van der Waals surface area contributed by atoms with Crippen molar-refractivity contribution in [2.75, 3.05) is 37.5 Å². The van der Waals surface area contributed by atoms with Gasteiger partial charge >= 0.3 is 0 Å². The van der Waals surface area contributed by atoms with Crippen LogP contribution in [0.25, 0.3) is 0 Å². The third-order valence-electron chi connectivity index (χ3n) is 4.16. The van der Waals surface area contributed by atoms with Crippen molar-refractivity contribution >= 4 is 11.6 Å². The first-order chi connectivity index (χ1) is 11.7. The Bertz CT molecular complexity index is 683. The molecule has 8 nitrogen and oxygen atoms in total. The Morgan fingerprint density at radius 2 is 2.00 bits per heavy atom. The molecule has 0 amide bonds. The number of hydrogen-bond donors (Lipinski definition) is 1. The summed E-state index contributed by atoms with van der Waals surface area (Å²) in [4.78, 5) is 19.1. The van der Waals surface area contributed by atoms with Gasteiger partial charge in [-0.25, -0.2) is 19.9 Å². The van der Waals surface area contributed by atoms with Gasteiger partial charge in [0.05, 0.1) is 19.3 Å². The molecule has 2 aromatic heterocycles. The zero-order valence-electron chi connectivity index (χ0n) is 14.1. The molecule has 128 valence electrons. The Kier molecular flexibility index (Phi) is 5.05. The molecule has 24 heavy (non-hydrogen) atoms. The van der Waals surface area contributed by atoms with E-state index in [2.05, 4.69) is 30.2 Å². The first kappa shape index (κ1) is 16.4. The van der Waals surface area contributed by atoms with E-state index in [0.29, 0.717) is 5.88 Å². The van der Waals surface area contributed by atoms with Gasteiger partial charge in [-0.05, 0) is 13.3 Å². The molecule has 1 aliphatic heterocycles. The van der Waals surface area contributed by atoms with Crippen LogP contribution in [-0.4, -0.2) is 59.4 Å². The lowest BCUT2D eigenvalue weighted by Crippen LogP contribution is -2.35. The first-order valence-electron chi connectivity index (χ1n) is 7.87. The van der Waals surface area contributed by atoms with Gasteiger partial charge in [0.25, 0.3) is 0 Å². The summed E-state index contributed by atoms with van der Waals surface area (Å²) in [7, 11) is 3.34. The minimum atomic E-state index is 0.187. The molecule has 0 bridgehead atoms. The van der Waals surface area contributed by atoms with E-state index in [-0.39, 0.29) is 12.1 Å². The summed E-state index contributed by atoms with van der Waals surface area (Å²) in [6.07, 6.45) is 4.20. The Morgan fingerprint density at radius 3 is 2.75 bits per heavy atom. The molecule has 3 heterocycles. The number of methoxy groups -OCH3 is 2. The fraction of sp³-hybridized carbons (Fsp3) is 0.500. The molecule has 0 unspecified atom stereocenters. The zero-order chi connectivity index (χ0) is 16.9. The van der Waals surface area contributed by atoms with E-state index in [9.17, 15) is 0 Å². The highest BCUT2D eigenvalue weighted by atomic mass is 16.5. The quantitative estimate of drug-likeness (QED) is 0.848. The van der Waals surface area contributed by atoms with Gasteiger partial charge in [0, 0.05) is 38.0 Å². The van der Waals surface area contributed by atoms with Gasteiger partial charge in [0.15, 0.2) is 0 Å². The first-order valence-corrected chi connectivity index (χ1v) is 7.87. The summed E-state index contributed by atoms with van der Waals surface area (Å²) in [6, 6.07) is 4.03. The summed E-state index contributed by atoms with van der Waals surface area (Å²) >= 11 is 0. The van der Waals surface area contributed by atoms with Crippen molar-refractivity contribution in [1.82, 2.24) is 19.9 Å². The molecule has 3 rings (SSSR count). The third kappa shape index (κ3) is 3.70. The molecule has 1 N–H and O–H groups in total. The van der Waals surface area contributed by atoms with E-state index < -0.39 is 0 Å². The Hall–Kier alpha value is -2.48. The second-order valence-electron chi connectivity index (χ2n) is 5.74. The van der Waals surface area contributed by atoms with Crippen molar-refractivity contribution in [2.24, 2.45) is 0 Å². The van der Waals surface area contributed by atoms with Crippen LogP contribution in [0.2, 0.25) is 0 Å². The molecule has 0 aliphatic carbocycles. The molecule has 1 saturated heterocycles. The lowest BCUT2D eigenvalue weighted by atomic mass is 10.2. The highest BCUT2D eigenvalue weighted by Gasteiger charge is 2.33. The number of aromatic nitrogens is 4. The maximum absolute atomic E-state index is 5.55. The number of hydrogen-bond acceptors (Lipinski definition) is 8. The third-order valence-corrected chi connectivity index (χ3v) is 4.16. The van der Waals surface area contributed by atoms with Crippen LogP contribution in [0.15, 0.2) is 24.8 Å². The molecule has 1 fully saturated rings. The van der Waals surface area contributed by atoms with E-state index in [1.54, 1.807) is 26.6 Å². The monoisotopic (exact) mass is 330 g/mol. The number of anilines is 2. The Balaban J connectivity index is 1.71. The predicted molar refractivity (Wildman–Crippen MR) is 90.4 cm³/mol. The van der Waals surface area contributed by atoms with Crippen molar-refractivity contribution in [3.8, 4) is 5.88 Å². The van der Waals surface area contributed by atoms with Gasteiger partial charge in [0.1, 0.15) is 24.3 Å². The maximum atomic E-state index is 5.55. The Labute approximate surface area is 141 Å². The van der Waals surface area contributed by atoms with E-state index >= 15 is 0 Å². The number of nitrogens with one attached hydrogen (secondary N) is 1. The summed E-state index contributed by atoms with van der Waals surface area (Å²) in [5, 5.41) is 3.35. The van der Waals surface area contributed by atoms with Crippen LogP contribution in [0, 0.1) is 6.92 Å². The average molecular weight is 330 g/mol. The minimum absolute atomic E-state index is 0.187. The fourth-order valence-electron chi connectivity index (χ4n) is 2.89. The molecule has 2 atom stereocenters. The second-order valence-corrected chi connectivity index (χ2v) is 5.74. The van der Waals surface area contributed by atoms with Crippen LogP contribution >= 0.6 is 0 Å². The number of nitrogens with zero attached hydrogens (tertiary/aromatic N) is 5. The van der Waals surface area contributed by atoms with Crippen LogP contribution in [-0.2, 0) is 4.74 Å². The topological polar surface area (TPSA) is 85.3 Å². The smallest absolute Gasteiger partial charge is 0.218 e. The van der Waals surface area contributed by atoms with Crippen LogP contribution in [0.4, 0.5) is 11.6 Å². The molecule has 0 spiro atoms. The number of rotatable bonds is 6. The molecular weight excluding hydrogens is 308 g/mol. The van der Waals surface area contributed by atoms with Crippen molar-refractivity contribution in [2.45, 2.75) is 25.5 Å². The number of aryl methyl sites for hydroxylation is 1. The van der Waals surface area contributed by atoms with Gasteiger partial charge in [-0.2, -0.15) is 0 Å². The molecule has 1 aliphatic rings. The standard InChI is InChI=1S/C16H22N6O2/c1-11-4-15(20-9-18-11)22-8-13(23-2)5-12(22)7-17-14-6-16(24-3)21-10-19-14/h4,6,9-10,12-13H,5,7-8H2,1-3H3,(H,17,19,21)/t12-,13-/m0/s1.